The van der Waals surface area contributed by atoms with E-state index in [4.69, 9.17) is 0 Å². The Morgan fingerprint density at radius 3 is 1.32 bits per heavy atom. The van der Waals surface area contributed by atoms with Crippen LogP contribution in [0.4, 0.5) is 0 Å². The van der Waals surface area contributed by atoms with Gasteiger partial charge in [-0.15, -0.1) is 0 Å². The van der Waals surface area contributed by atoms with Crippen molar-refractivity contribution in [3.63, 3.8) is 0 Å². The van der Waals surface area contributed by atoms with Crippen LogP contribution in [0.3, 0.4) is 0 Å². The molecule has 0 aliphatic heterocycles. The van der Waals surface area contributed by atoms with Crippen LogP contribution in [-0.2, 0) is 12.8 Å². The summed E-state index contributed by atoms with van der Waals surface area (Å²) in [5, 5.41) is 0. The molecule has 19 heavy (non-hydrogen) atoms. The smallest absolute Gasteiger partial charge is 0.0270 e. The van der Waals surface area contributed by atoms with Crippen molar-refractivity contribution in [1.29, 1.82) is 0 Å². The third-order valence-electron chi connectivity index (χ3n) is 3.43. The molecule has 0 atom stereocenters. The zero-order valence-electron chi connectivity index (χ0n) is 11.5. The molecule has 2 rings (SSSR count). The van der Waals surface area contributed by atoms with Crippen LogP contribution in [0.1, 0.15) is 43.2 Å². The van der Waals surface area contributed by atoms with Crippen LogP contribution in [0.5, 0.6) is 0 Å². The molecule has 0 unspecified atom stereocenters. The third kappa shape index (κ3) is 5.64. The van der Waals surface area contributed by atoms with Crippen LogP contribution >= 0.6 is 0 Å². The van der Waals surface area contributed by atoms with Crippen LogP contribution < -0.4 is 0 Å². The lowest BCUT2D eigenvalue weighted by Gasteiger charge is -2.03. The van der Waals surface area contributed by atoms with E-state index in [9.17, 15) is 0 Å². The predicted octanol–water partition coefficient (Wildman–Crippen LogP) is 4.21. The number of pyridine rings is 2. The van der Waals surface area contributed by atoms with Gasteiger partial charge in [-0.25, -0.2) is 0 Å². The Morgan fingerprint density at radius 2 is 0.895 bits per heavy atom. The second kappa shape index (κ2) is 8.41. The van der Waals surface area contributed by atoms with Crippen molar-refractivity contribution in [3.8, 4) is 0 Å². The number of rotatable bonds is 8. The van der Waals surface area contributed by atoms with Crippen molar-refractivity contribution >= 4 is 0 Å². The van der Waals surface area contributed by atoms with Gasteiger partial charge in [-0.2, -0.15) is 0 Å². The highest BCUT2D eigenvalue weighted by atomic mass is 14.6. The number of unbranched alkanes of at least 4 members (excludes halogenated alkanes) is 4. The minimum atomic E-state index is 1.19. The van der Waals surface area contributed by atoms with E-state index < -0.39 is 0 Å². The maximum atomic E-state index is 4.04. The van der Waals surface area contributed by atoms with Crippen LogP contribution in [0.25, 0.3) is 0 Å². The average Bonchev–Trinajstić information content (AvgIpc) is 2.48. The first-order valence-electron chi connectivity index (χ1n) is 7.23. The molecule has 0 radical (unpaired) electrons. The normalized spacial score (nSPS) is 10.5. The predicted molar refractivity (Wildman–Crippen MR) is 79.0 cm³/mol. The minimum absolute atomic E-state index is 1.19. The molecule has 100 valence electrons. The van der Waals surface area contributed by atoms with Crippen LogP contribution in [0.2, 0.25) is 0 Å². The fourth-order valence-corrected chi connectivity index (χ4v) is 2.29. The lowest BCUT2D eigenvalue weighted by molar-refractivity contribution is 0.613. The van der Waals surface area contributed by atoms with Crippen molar-refractivity contribution in [2.75, 3.05) is 0 Å². The molecule has 2 heterocycles. The zero-order valence-corrected chi connectivity index (χ0v) is 11.5. The van der Waals surface area contributed by atoms with E-state index >= 15 is 0 Å². The Morgan fingerprint density at radius 1 is 0.526 bits per heavy atom. The van der Waals surface area contributed by atoms with E-state index in [1.807, 2.05) is 24.8 Å². The molecular weight excluding hydrogens is 232 g/mol. The van der Waals surface area contributed by atoms with Crippen LogP contribution in [0, 0.1) is 0 Å². The first kappa shape index (κ1) is 13.7. The molecule has 0 saturated heterocycles. The van der Waals surface area contributed by atoms with Gasteiger partial charge in [0.25, 0.3) is 0 Å². The van der Waals surface area contributed by atoms with Crippen LogP contribution in [-0.4, -0.2) is 9.97 Å². The molecule has 0 fully saturated rings. The SMILES string of the molecule is c1cc(CCCCCCCc2ccncc2)ccn1. The summed E-state index contributed by atoms with van der Waals surface area (Å²) in [7, 11) is 0. The molecule has 0 N–H and O–H groups in total. The number of hydrogen-bond acceptors (Lipinski definition) is 2. The summed E-state index contributed by atoms with van der Waals surface area (Å²) < 4.78 is 0. The van der Waals surface area contributed by atoms with Crippen molar-refractivity contribution in [1.82, 2.24) is 9.97 Å². The quantitative estimate of drug-likeness (QED) is 0.659. The largest absolute Gasteiger partial charge is 0.265 e. The summed E-state index contributed by atoms with van der Waals surface area (Å²) in [6.07, 6.45) is 16.5. The average molecular weight is 254 g/mol. The Kier molecular flexibility index (Phi) is 6.08. The lowest BCUT2D eigenvalue weighted by atomic mass is 10.0. The summed E-state index contributed by atoms with van der Waals surface area (Å²) in [5.74, 6) is 0. The second-order valence-corrected chi connectivity index (χ2v) is 4.98. The molecule has 0 saturated carbocycles. The van der Waals surface area contributed by atoms with E-state index in [-0.39, 0.29) is 0 Å². The molecule has 0 aromatic carbocycles. The van der Waals surface area contributed by atoms with E-state index in [2.05, 4.69) is 34.2 Å². The van der Waals surface area contributed by atoms with Crippen molar-refractivity contribution in [2.45, 2.75) is 44.9 Å². The van der Waals surface area contributed by atoms with Gasteiger partial charge in [-0.05, 0) is 61.1 Å². The van der Waals surface area contributed by atoms with E-state index in [0.29, 0.717) is 0 Å². The molecule has 2 nitrogen and oxygen atoms in total. The number of aromatic nitrogens is 2. The Hall–Kier alpha value is -1.70. The molecule has 0 aliphatic rings. The van der Waals surface area contributed by atoms with Crippen molar-refractivity contribution < 1.29 is 0 Å². The van der Waals surface area contributed by atoms with Gasteiger partial charge in [-0.3, -0.25) is 9.97 Å². The maximum Gasteiger partial charge on any atom is 0.0270 e. The molecule has 0 amide bonds. The fourth-order valence-electron chi connectivity index (χ4n) is 2.29. The second-order valence-electron chi connectivity index (χ2n) is 4.98. The van der Waals surface area contributed by atoms with E-state index in [1.54, 1.807) is 0 Å². The van der Waals surface area contributed by atoms with Crippen LogP contribution in [0.15, 0.2) is 49.1 Å². The number of nitrogens with zero attached hydrogens (tertiary/aromatic N) is 2. The highest BCUT2D eigenvalue weighted by Crippen LogP contribution is 2.10. The summed E-state index contributed by atoms with van der Waals surface area (Å²) in [4.78, 5) is 8.08. The Bertz CT molecular complexity index is 396. The van der Waals surface area contributed by atoms with E-state index in [1.165, 1.54) is 56.1 Å². The van der Waals surface area contributed by atoms with Crippen molar-refractivity contribution in [3.05, 3.63) is 60.2 Å². The Balaban J connectivity index is 1.49. The minimum Gasteiger partial charge on any atom is -0.265 e. The molecule has 0 aliphatic carbocycles. The van der Waals surface area contributed by atoms with Crippen molar-refractivity contribution in [2.24, 2.45) is 0 Å². The highest BCUT2D eigenvalue weighted by molar-refractivity contribution is 5.10. The summed E-state index contributed by atoms with van der Waals surface area (Å²) in [6.45, 7) is 0. The monoisotopic (exact) mass is 254 g/mol. The highest BCUT2D eigenvalue weighted by Gasteiger charge is 1.95. The van der Waals surface area contributed by atoms with Gasteiger partial charge in [0.05, 0.1) is 0 Å². The van der Waals surface area contributed by atoms with E-state index in [0.717, 1.165) is 0 Å². The summed E-state index contributed by atoms with van der Waals surface area (Å²) >= 11 is 0. The molecule has 2 aromatic rings. The summed E-state index contributed by atoms with van der Waals surface area (Å²) in [6, 6.07) is 8.46. The van der Waals surface area contributed by atoms with Gasteiger partial charge < -0.3 is 0 Å². The lowest BCUT2D eigenvalue weighted by Crippen LogP contribution is -1.88. The van der Waals surface area contributed by atoms with Gasteiger partial charge in [0.1, 0.15) is 0 Å². The van der Waals surface area contributed by atoms with Gasteiger partial charge in [0, 0.05) is 24.8 Å². The molecule has 0 bridgehead atoms. The summed E-state index contributed by atoms with van der Waals surface area (Å²) in [5.41, 5.74) is 2.82. The topological polar surface area (TPSA) is 25.8 Å². The van der Waals surface area contributed by atoms with Gasteiger partial charge >= 0.3 is 0 Å². The number of aryl methyl sites for hydroxylation is 2. The fraction of sp³-hybridized carbons (Fsp3) is 0.412. The van der Waals surface area contributed by atoms with Gasteiger partial charge in [-0.1, -0.05) is 19.3 Å². The Labute approximate surface area is 115 Å². The first-order chi connectivity index (χ1) is 9.45. The van der Waals surface area contributed by atoms with Gasteiger partial charge in [0.2, 0.25) is 0 Å². The molecule has 0 spiro atoms. The maximum absolute atomic E-state index is 4.04. The first-order valence-corrected chi connectivity index (χ1v) is 7.23. The van der Waals surface area contributed by atoms with Gasteiger partial charge in [0.15, 0.2) is 0 Å². The zero-order chi connectivity index (χ0) is 13.2. The standard InChI is InChI=1S/C17H22N2/c1(2-4-6-16-8-12-18-13-9-16)3-5-7-17-10-14-19-15-11-17/h8-15H,1-7H2. The number of hydrogen-bond donors (Lipinski definition) is 0. The molecule has 2 heteroatoms. The molecule has 2 aromatic heterocycles. The molecular formula is C17H22N2. The third-order valence-corrected chi connectivity index (χ3v) is 3.43.